The van der Waals surface area contributed by atoms with Gasteiger partial charge >= 0.3 is 5.97 Å². The Morgan fingerprint density at radius 1 is 0.960 bits per heavy atom. The first-order chi connectivity index (χ1) is 11.1. The first-order valence-corrected chi connectivity index (χ1v) is 10.4. The molecule has 0 aromatic heterocycles. The molecule has 0 aliphatic carbocycles. The molecule has 0 saturated carbocycles. The summed E-state index contributed by atoms with van der Waals surface area (Å²) in [5.74, 6) is -3.17. The zero-order valence-electron chi connectivity index (χ0n) is 12.3. The van der Waals surface area contributed by atoms with Gasteiger partial charge in [-0.05, 0) is 12.5 Å². The first kappa shape index (κ1) is 21.3. The molecule has 142 valence electrons. The minimum atomic E-state index is -5.67. The summed E-state index contributed by atoms with van der Waals surface area (Å²) in [5, 5.41) is 9.09. The van der Waals surface area contributed by atoms with Crippen molar-refractivity contribution in [1.29, 1.82) is 0 Å². The van der Waals surface area contributed by atoms with Gasteiger partial charge in [0.05, 0.1) is 6.61 Å². The smallest absolute Gasteiger partial charge is 0.339 e. The maximum atomic E-state index is 11.6. The summed E-state index contributed by atoms with van der Waals surface area (Å²) in [7, 11) is -16.8. The fourth-order valence-corrected chi connectivity index (χ4v) is 5.09. The SMILES string of the molecule is CCCOc1c(C(=O)O)cc(S(=O)(=O)O)c(S(=O)(=O)O)c1S(=O)(=O)O. The van der Waals surface area contributed by atoms with E-state index in [1.54, 1.807) is 0 Å². The van der Waals surface area contributed by atoms with Gasteiger partial charge in [0.15, 0.2) is 10.6 Å². The van der Waals surface area contributed by atoms with E-state index in [-0.39, 0.29) is 19.1 Å². The minimum Gasteiger partial charge on any atom is -0.491 e. The van der Waals surface area contributed by atoms with Gasteiger partial charge in [-0.3, -0.25) is 13.7 Å². The Morgan fingerprint density at radius 2 is 1.44 bits per heavy atom. The molecule has 0 bridgehead atoms. The third kappa shape index (κ3) is 4.65. The van der Waals surface area contributed by atoms with E-state index in [1.807, 2.05) is 0 Å². The van der Waals surface area contributed by atoms with Crippen LogP contribution in [0.2, 0.25) is 0 Å². The van der Waals surface area contributed by atoms with Crippen LogP contribution in [0.4, 0.5) is 0 Å². The molecule has 0 amide bonds. The van der Waals surface area contributed by atoms with Crippen LogP contribution in [0.3, 0.4) is 0 Å². The lowest BCUT2D eigenvalue weighted by Crippen LogP contribution is -2.19. The summed E-state index contributed by atoms with van der Waals surface area (Å²) in [6.45, 7) is 1.17. The maximum absolute atomic E-state index is 11.6. The molecule has 0 saturated heterocycles. The Bertz CT molecular complexity index is 1020. The van der Waals surface area contributed by atoms with Gasteiger partial charge in [-0.2, -0.15) is 25.3 Å². The van der Waals surface area contributed by atoms with E-state index in [2.05, 4.69) is 0 Å². The van der Waals surface area contributed by atoms with E-state index >= 15 is 0 Å². The zero-order valence-corrected chi connectivity index (χ0v) is 14.7. The number of carboxylic acids is 1. The standard InChI is InChI=1S/C10H12O12S3/c1-2-3-22-7-5(10(11)12)4-6(23(13,14)15)8(24(16,17)18)9(7)25(19,20)21/h4H,2-3H2,1H3,(H,11,12)(H,13,14,15)(H,16,17,18)(H,19,20,21). The normalized spacial score (nSPS) is 12.8. The molecule has 1 rings (SSSR count). The van der Waals surface area contributed by atoms with Crippen molar-refractivity contribution >= 4 is 36.3 Å². The van der Waals surface area contributed by atoms with Gasteiger partial charge < -0.3 is 9.84 Å². The summed E-state index contributed by atoms with van der Waals surface area (Å²) >= 11 is 0. The van der Waals surface area contributed by atoms with Gasteiger partial charge in [-0.25, -0.2) is 4.79 Å². The summed E-state index contributed by atoms with van der Waals surface area (Å²) in [4.78, 5) is 5.74. The van der Waals surface area contributed by atoms with Crippen LogP contribution < -0.4 is 4.74 Å². The largest absolute Gasteiger partial charge is 0.491 e. The highest BCUT2D eigenvalue weighted by atomic mass is 32.2. The highest BCUT2D eigenvalue weighted by Gasteiger charge is 2.39. The molecular formula is C10H12O12S3. The Kier molecular flexibility index (Phi) is 5.83. The van der Waals surface area contributed by atoms with Crippen molar-refractivity contribution in [2.24, 2.45) is 0 Å². The summed E-state index contributed by atoms with van der Waals surface area (Å²) < 4.78 is 101. The quantitative estimate of drug-likeness (QED) is 0.426. The minimum absolute atomic E-state index is 0.0838. The average Bonchev–Trinajstić information content (AvgIpc) is 2.39. The van der Waals surface area contributed by atoms with E-state index in [0.717, 1.165) is 0 Å². The molecule has 25 heavy (non-hydrogen) atoms. The topological polar surface area (TPSA) is 210 Å². The number of rotatable bonds is 7. The number of carboxylic acid groups (broad SMARTS) is 1. The van der Waals surface area contributed by atoms with Crippen molar-refractivity contribution in [3.8, 4) is 5.75 Å². The number of aromatic carboxylic acids is 1. The van der Waals surface area contributed by atoms with Gasteiger partial charge in [0, 0.05) is 0 Å². The Labute approximate surface area is 142 Å². The second-order valence-corrected chi connectivity index (χ2v) is 8.60. The van der Waals surface area contributed by atoms with Crippen LogP contribution in [0.25, 0.3) is 0 Å². The molecule has 12 nitrogen and oxygen atoms in total. The number of benzene rings is 1. The third-order valence-electron chi connectivity index (χ3n) is 2.63. The van der Waals surface area contributed by atoms with Crippen LogP contribution in [-0.4, -0.2) is 56.6 Å². The van der Waals surface area contributed by atoms with E-state index in [4.69, 9.17) is 14.4 Å². The van der Waals surface area contributed by atoms with Gasteiger partial charge in [-0.15, -0.1) is 0 Å². The molecule has 0 heterocycles. The molecule has 0 unspecified atom stereocenters. The lowest BCUT2D eigenvalue weighted by molar-refractivity contribution is 0.0690. The predicted molar refractivity (Wildman–Crippen MR) is 78.6 cm³/mol. The second-order valence-electron chi connectivity index (χ2n) is 4.49. The summed E-state index contributed by atoms with van der Waals surface area (Å²) in [5.41, 5.74) is -1.18. The number of ether oxygens (including phenoxy) is 1. The molecule has 0 spiro atoms. The van der Waals surface area contributed by atoms with Crippen LogP contribution in [0, 0.1) is 0 Å². The van der Waals surface area contributed by atoms with Crippen molar-refractivity contribution in [2.75, 3.05) is 6.61 Å². The molecule has 0 atom stereocenters. The van der Waals surface area contributed by atoms with E-state index in [1.165, 1.54) is 6.92 Å². The lowest BCUT2D eigenvalue weighted by Gasteiger charge is -2.16. The Morgan fingerprint density at radius 3 is 1.76 bits per heavy atom. The fraction of sp³-hybridized carbons (Fsp3) is 0.300. The van der Waals surface area contributed by atoms with Gasteiger partial charge in [0.1, 0.15) is 15.4 Å². The van der Waals surface area contributed by atoms with Crippen molar-refractivity contribution in [1.82, 2.24) is 0 Å². The number of hydrogen-bond acceptors (Lipinski definition) is 8. The highest BCUT2D eigenvalue weighted by Crippen LogP contribution is 2.39. The van der Waals surface area contributed by atoms with Crippen molar-refractivity contribution in [2.45, 2.75) is 28.0 Å². The van der Waals surface area contributed by atoms with Gasteiger partial charge in [0.25, 0.3) is 30.4 Å². The van der Waals surface area contributed by atoms with Crippen molar-refractivity contribution in [3.63, 3.8) is 0 Å². The molecule has 4 N–H and O–H groups in total. The Balaban J connectivity index is 4.35. The summed E-state index contributed by atoms with van der Waals surface area (Å²) in [6, 6.07) is 0.0838. The molecule has 0 aliphatic rings. The summed E-state index contributed by atoms with van der Waals surface area (Å²) in [6.07, 6.45) is 0.186. The monoisotopic (exact) mass is 420 g/mol. The molecule has 1 aromatic carbocycles. The maximum Gasteiger partial charge on any atom is 0.339 e. The zero-order chi connectivity index (χ0) is 19.8. The van der Waals surface area contributed by atoms with Crippen LogP contribution in [0.1, 0.15) is 23.7 Å². The lowest BCUT2D eigenvalue weighted by atomic mass is 10.2. The van der Waals surface area contributed by atoms with E-state index in [9.17, 15) is 39.2 Å². The Hall–Kier alpha value is -1.78. The van der Waals surface area contributed by atoms with Crippen LogP contribution in [0.15, 0.2) is 20.8 Å². The average molecular weight is 420 g/mol. The fourth-order valence-electron chi connectivity index (χ4n) is 1.78. The highest BCUT2D eigenvalue weighted by molar-refractivity contribution is 7.90. The number of carbonyl (C=O) groups is 1. The molecule has 0 aliphatic heterocycles. The molecule has 0 fully saturated rings. The second kappa shape index (κ2) is 6.85. The first-order valence-electron chi connectivity index (χ1n) is 6.12. The van der Waals surface area contributed by atoms with Crippen molar-refractivity contribution < 1.29 is 53.5 Å². The molecule has 1 aromatic rings. The van der Waals surface area contributed by atoms with Crippen LogP contribution in [-0.2, 0) is 30.4 Å². The van der Waals surface area contributed by atoms with E-state index in [0.29, 0.717) is 0 Å². The third-order valence-corrected chi connectivity index (χ3v) is 5.61. The van der Waals surface area contributed by atoms with E-state index < -0.39 is 62.3 Å². The molecule has 15 heteroatoms. The van der Waals surface area contributed by atoms with Crippen LogP contribution >= 0.6 is 0 Å². The molecular weight excluding hydrogens is 408 g/mol. The predicted octanol–water partition coefficient (Wildman–Crippen LogP) is -0.0863. The van der Waals surface area contributed by atoms with Crippen LogP contribution in [0.5, 0.6) is 5.75 Å². The van der Waals surface area contributed by atoms with Crippen molar-refractivity contribution in [3.05, 3.63) is 11.6 Å². The molecule has 0 radical (unpaired) electrons. The van der Waals surface area contributed by atoms with Gasteiger partial charge in [0.2, 0.25) is 0 Å². The van der Waals surface area contributed by atoms with Gasteiger partial charge in [-0.1, -0.05) is 6.92 Å². The number of hydrogen-bond donors (Lipinski definition) is 4.